The highest BCUT2D eigenvalue weighted by Crippen LogP contribution is 2.33. The van der Waals surface area contributed by atoms with Crippen LogP contribution in [0.25, 0.3) is 0 Å². The Morgan fingerprint density at radius 1 is 0.786 bits per heavy atom. The van der Waals surface area contributed by atoms with Gasteiger partial charge in [0.1, 0.15) is 0 Å². The Balaban J connectivity index is 2.75. The van der Waals surface area contributed by atoms with Crippen LogP contribution in [0.15, 0.2) is 0 Å². The first-order valence-corrected chi connectivity index (χ1v) is 13.0. The topological polar surface area (TPSA) is 3.24 Å². The first-order valence-electron chi connectivity index (χ1n) is 5.86. The summed E-state index contributed by atoms with van der Waals surface area (Å²) in [6.45, 7) is 15.1. The smallest absolute Gasteiger partial charge is 0.0638 e. The van der Waals surface area contributed by atoms with Crippen molar-refractivity contribution in [1.29, 1.82) is 0 Å². The molecule has 1 rings (SSSR count). The van der Waals surface area contributed by atoms with Crippen molar-refractivity contribution in [3.05, 3.63) is 0 Å². The summed E-state index contributed by atoms with van der Waals surface area (Å²) in [5.41, 5.74) is 1.86. The fourth-order valence-corrected chi connectivity index (χ4v) is 8.05. The van der Waals surface area contributed by atoms with Gasteiger partial charge in [0.15, 0.2) is 0 Å². The van der Waals surface area contributed by atoms with Crippen LogP contribution in [0.3, 0.4) is 0 Å². The highest BCUT2D eigenvalue weighted by Gasteiger charge is 2.43. The molecule has 1 nitrogen and oxygen atoms in total. The maximum Gasteiger partial charge on any atom is 0.0638 e. The Morgan fingerprint density at radius 2 is 1.07 bits per heavy atom. The number of nitrogens with zero attached hydrogens (tertiary/aromatic N) is 1. The second-order valence-electron chi connectivity index (χ2n) is 7.01. The molecular formula is C11H27NSi2. The number of hydrogen-bond donors (Lipinski definition) is 0. The van der Waals surface area contributed by atoms with E-state index in [1.165, 1.54) is 12.8 Å². The fourth-order valence-electron chi connectivity index (χ4n) is 3.03. The van der Waals surface area contributed by atoms with Crippen molar-refractivity contribution in [2.24, 2.45) is 0 Å². The van der Waals surface area contributed by atoms with Gasteiger partial charge in [0.2, 0.25) is 0 Å². The molecule has 1 heterocycles. The molecule has 1 saturated heterocycles. The SMILES string of the molecule is CN1C([Si](C)(C)C)CCC1[Si](C)(C)C. The van der Waals surface area contributed by atoms with Gasteiger partial charge in [0, 0.05) is 11.3 Å². The Hall–Kier alpha value is 0.394. The summed E-state index contributed by atoms with van der Waals surface area (Å²) in [6.07, 6.45) is 2.92. The van der Waals surface area contributed by atoms with E-state index in [4.69, 9.17) is 0 Å². The molecule has 0 bridgehead atoms. The number of likely N-dealkylation sites (tertiary alicyclic amines) is 1. The quantitative estimate of drug-likeness (QED) is 0.657. The molecule has 0 spiro atoms. The van der Waals surface area contributed by atoms with Gasteiger partial charge in [0.05, 0.1) is 16.1 Å². The molecular weight excluding hydrogens is 202 g/mol. The van der Waals surface area contributed by atoms with Crippen LogP contribution in [0.5, 0.6) is 0 Å². The van der Waals surface area contributed by atoms with Crippen molar-refractivity contribution in [1.82, 2.24) is 4.90 Å². The molecule has 2 atom stereocenters. The van der Waals surface area contributed by atoms with E-state index in [1.54, 1.807) is 0 Å². The van der Waals surface area contributed by atoms with Crippen LogP contribution < -0.4 is 0 Å². The molecule has 0 amide bonds. The third-order valence-electron chi connectivity index (χ3n) is 3.70. The van der Waals surface area contributed by atoms with Crippen LogP contribution >= 0.6 is 0 Å². The van der Waals surface area contributed by atoms with E-state index in [1.807, 2.05) is 0 Å². The summed E-state index contributed by atoms with van der Waals surface area (Å²) in [4.78, 5) is 2.73. The highest BCUT2D eigenvalue weighted by molar-refractivity contribution is 6.79. The lowest BCUT2D eigenvalue weighted by Crippen LogP contribution is -2.53. The van der Waals surface area contributed by atoms with Crippen LogP contribution in [0.4, 0.5) is 0 Å². The molecule has 0 aliphatic carbocycles. The summed E-state index contributed by atoms with van der Waals surface area (Å²) in [5, 5.41) is 0. The second-order valence-corrected chi connectivity index (χ2v) is 17.8. The molecule has 1 fully saturated rings. The van der Waals surface area contributed by atoms with Gasteiger partial charge in [-0.1, -0.05) is 39.3 Å². The number of hydrogen-bond acceptors (Lipinski definition) is 1. The molecule has 0 aromatic heterocycles. The van der Waals surface area contributed by atoms with Crippen molar-refractivity contribution in [3.8, 4) is 0 Å². The van der Waals surface area contributed by atoms with Crippen LogP contribution in [0.1, 0.15) is 12.8 Å². The Morgan fingerprint density at radius 3 is 1.21 bits per heavy atom. The average molecular weight is 230 g/mol. The molecule has 14 heavy (non-hydrogen) atoms. The standard InChI is InChI=1S/C11H27NSi2/c1-12-10(13(2,3)4)8-9-11(12)14(5,6)7/h10-11H,8-9H2,1-7H3. The predicted molar refractivity (Wildman–Crippen MR) is 71.3 cm³/mol. The van der Waals surface area contributed by atoms with Crippen LogP contribution in [-0.4, -0.2) is 39.4 Å². The third kappa shape index (κ3) is 2.50. The van der Waals surface area contributed by atoms with Crippen molar-refractivity contribution < 1.29 is 0 Å². The van der Waals surface area contributed by atoms with Crippen molar-refractivity contribution >= 4 is 16.1 Å². The molecule has 3 heteroatoms. The first kappa shape index (κ1) is 12.5. The third-order valence-corrected chi connectivity index (χ3v) is 9.09. The molecule has 1 aliphatic rings. The second kappa shape index (κ2) is 3.76. The molecule has 0 aromatic carbocycles. The van der Waals surface area contributed by atoms with Gasteiger partial charge in [-0.3, -0.25) is 0 Å². The van der Waals surface area contributed by atoms with E-state index < -0.39 is 16.1 Å². The minimum absolute atomic E-state index is 0.930. The molecule has 0 N–H and O–H groups in total. The van der Waals surface area contributed by atoms with E-state index in [9.17, 15) is 0 Å². The average Bonchev–Trinajstić information content (AvgIpc) is 2.26. The zero-order valence-electron chi connectivity index (χ0n) is 11.0. The predicted octanol–water partition coefficient (Wildman–Crippen LogP) is 3.20. The van der Waals surface area contributed by atoms with Crippen molar-refractivity contribution in [2.45, 2.75) is 63.5 Å². The Bertz CT molecular complexity index is 180. The monoisotopic (exact) mass is 229 g/mol. The van der Waals surface area contributed by atoms with Gasteiger partial charge < -0.3 is 4.90 Å². The normalized spacial score (nSPS) is 31.1. The van der Waals surface area contributed by atoms with Gasteiger partial charge in [-0.15, -0.1) is 0 Å². The number of rotatable bonds is 2. The lowest BCUT2D eigenvalue weighted by atomic mass is 10.4. The lowest BCUT2D eigenvalue weighted by molar-refractivity contribution is 0.338. The van der Waals surface area contributed by atoms with E-state index in [2.05, 4.69) is 51.2 Å². The Kier molecular flexibility index (Phi) is 3.35. The summed E-state index contributed by atoms with van der Waals surface area (Å²) in [7, 11) is 0.454. The van der Waals surface area contributed by atoms with Gasteiger partial charge in [-0.25, -0.2) is 0 Å². The highest BCUT2D eigenvalue weighted by atomic mass is 28.3. The zero-order valence-corrected chi connectivity index (χ0v) is 13.0. The van der Waals surface area contributed by atoms with Gasteiger partial charge in [0.25, 0.3) is 0 Å². The zero-order chi connectivity index (χ0) is 11.1. The van der Waals surface area contributed by atoms with Crippen LogP contribution in [0.2, 0.25) is 39.3 Å². The van der Waals surface area contributed by atoms with E-state index in [0.29, 0.717) is 0 Å². The van der Waals surface area contributed by atoms with Crippen molar-refractivity contribution in [3.63, 3.8) is 0 Å². The molecule has 2 unspecified atom stereocenters. The molecule has 84 valence electrons. The summed E-state index contributed by atoms with van der Waals surface area (Å²) in [5.74, 6) is 0. The minimum Gasteiger partial charge on any atom is -0.306 e. The van der Waals surface area contributed by atoms with Gasteiger partial charge in [-0.2, -0.15) is 0 Å². The van der Waals surface area contributed by atoms with E-state index in [-0.39, 0.29) is 0 Å². The van der Waals surface area contributed by atoms with Crippen molar-refractivity contribution in [2.75, 3.05) is 7.05 Å². The summed E-state index contributed by atoms with van der Waals surface area (Å²) < 4.78 is 0. The lowest BCUT2D eigenvalue weighted by Gasteiger charge is -2.38. The van der Waals surface area contributed by atoms with Gasteiger partial charge >= 0.3 is 0 Å². The first-order chi connectivity index (χ1) is 6.14. The maximum absolute atomic E-state index is 2.73. The summed E-state index contributed by atoms with van der Waals surface area (Å²) >= 11 is 0. The van der Waals surface area contributed by atoms with Crippen LogP contribution in [-0.2, 0) is 0 Å². The Labute approximate surface area is 91.9 Å². The maximum atomic E-state index is 2.73. The van der Waals surface area contributed by atoms with Gasteiger partial charge in [-0.05, 0) is 19.9 Å². The van der Waals surface area contributed by atoms with E-state index in [0.717, 1.165) is 11.3 Å². The molecule has 0 saturated carbocycles. The molecule has 1 aliphatic heterocycles. The summed E-state index contributed by atoms with van der Waals surface area (Å²) in [6, 6.07) is 0. The fraction of sp³-hybridized carbons (Fsp3) is 1.00. The molecule has 0 aromatic rings. The largest absolute Gasteiger partial charge is 0.306 e. The minimum atomic E-state index is -0.960. The van der Waals surface area contributed by atoms with Crippen LogP contribution in [0, 0.1) is 0 Å². The molecule has 0 radical (unpaired) electrons. The van der Waals surface area contributed by atoms with E-state index >= 15 is 0 Å².